The van der Waals surface area contributed by atoms with E-state index < -0.39 is 0 Å². The van der Waals surface area contributed by atoms with E-state index >= 15 is 0 Å². The van der Waals surface area contributed by atoms with Crippen molar-refractivity contribution in [2.45, 2.75) is 19.9 Å². The van der Waals surface area contributed by atoms with Gasteiger partial charge in [0.25, 0.3) is 0 Å². The minimum Gasteiger partial charge on any atom is -0.367 e. The molecule has 6 nitrogen and oxygen atoms in total. The van der Waals surface area contributed by atoms with Gasteiger partial charge in [-0.15, -0.1) is 0 Å². The molecule has 21 heavy (non-hydrogen) atoms. The molecule has 1 aliphatic heterocycles. The fourth-order valence-corrected chi connectivity index (χ4v) is 2.63. The average Bonchev–Trinajstić information content (AvgIpc) is 2.49. The van der Waals surface area contributed by atoms with Crippen LogP contribution >= 0.6 is 0 Å². The number of rotatable bonds is 5. The maximum Gasteiger partial charge on any atom is 0.158 e. The Morgan fingerprint density at radius 2 is 1.95 bits per heavy atom. The smallest absolute Gasteiger partial charge is 0.158 e. The Hall–Kier alpha value is -1.71. The third-order valence-corrected chi connectivity index (χ3v) is 4.04. The van der Waals surface area contributed by atoms with Gasteiger partial charge in [-0.2, -0.15) is 5.26 Å². The van der Waals surface area contributed by atoms with Crippen molar-refractivity contribution in [3.8, 4) is 6.07 Å². The van der Waals surface area contributed by atoms with Crippen LogP contribution in [0.15, 0.2) is 12.4 Å². The maximum atomic E-state index is 8.73. The van der Waals surface area contributed by atoms with Crippen LogP contribution in [-0.2, 0) is 0 Å². The summed E-state index contributed by atoms with van der Waals surface area (Å²) in [6.07, 6.45) is 3.13. The highest BCUT2D eigenvalue weighted by Crippen LogP contribution is 2.14. The molecule has 0 amide bonds. The van der Waals surface area contributed by atoms with Gasteiger partial charge in [-0.1, -0.05) is 13.8 Å². The van der Waals surface area contributed by atoms with Crippen molar-refractivity contribution in [3.05, 3.63) is 18.1 Å². The van der Waals surface area contributed by atoms with E-state index in [9.17, 15) is 0 Å². The fourth-order valence-electron chi connectivity index (χ4n) is 2.63. The monoisotopic (exact) mass is 288 g/mol. The van der Waals surface area contributed by atoms with Gasteiger partial charge in [0.2, 0.25) is 0 Å². The molecule has 0 bridgehead atoms. The molecular formula is C15H24N6. The van der Waals surface area contributed by atoms with Crippen molar-refractivity contribution in [2.24, 2.45) is 5.92 Å². The first-order valence-electron chi connectivity index (χ1n) is 7.48. The highest BCUT2D eigenvalue weighted by atomic mass is 15.3. The molecule has 0 radical (unpaired) electrons. The first-order chi connectivity index (χ1) is 10.1. The van der Waals surface area contributed by atoms with E-state index in [0.717, 1.165) is 38.5 Å². The number of aromatic nitrogens is 2. The molecule has 0 aromatic carbocycles. The van der Waals surface area contributed by atoms with Crippen molar-refractivity contribution in [2.75, 3.05) is 45.1 Å². The minimum absolute atomic E-state index is 0.347. The summed E-state index contributed by atoms with van der Waals surface area (Å²) >= 11 is 0. The SMILES string of the molecule is CC(C)C(CNc1cnc(C#N)cn1)N1CCN(C)CC1. The van der Waals surface area contributed by atoms with Gasteiger partial charge in [0.05, 0.1) is 12.4 Å². The predicted molar refractivity (Wildman–Crippen MR) is 82.9 cm³/mol. The Morgan fingerprint density at radius 1 is 1.24 bits per heavy atom. The summed E-state index contributed by atoms with van der Waals surface area (Å²) in [6, 6.07) is 2.46. The third kappa shape index (κ3) is 4.38. The number of nitriles is 1. The molecule has 1 atom stereocenters. The Balaban J connectivity index is 1.92. The summed E-state index contributed by atoms with van der Waals surface area (Å²) < 4.78 is 0. The van der Waals surface area contributed by atoms with Crippen molar-refractivity contribution in [3.63, 3.8) is 0 Å². The van der Waals surface area contributed by atoms with E-state index in [4.69, 9.17) is 5.26 Å². The van der Waals surface area contributed by atoms with Gasteiger partial charge in [-0.25, -0.2) is 9.97 Å². The molecule has 1 N–H and O–H groups in total. The lowest BCUT2D eigenvalue weighted by Gasteiger charge is -2.40. The minimum atomic E-state index is 0.347. The number of anilines is 1. The average molecular weight is 288 g/mol. The second kappa shape index (κ2) is 7.34. The molecule has 1 fully saturated rings. The Labute approximate surface area is 126 Å². The van der Waals surface area contributed by atoms with Crippen molar-refractivity contribution < 1.29 is 0 Å². The number of hydrogen-bond acceptors (Lipinski definition) is 6. The van der Waals surface area contributed by atoms with Crippen molar-refractivity contribution >= 4 is 5.82 Å². The highest BCUT2D eigenvalue weighted by molar-refractivity contribution is 5.33. The zero-order valence-corrected chi connectivity index (χ0v) is 13.1. The lowest BCUT2D eigenvalue weighted by Crippen LogP contribution is -2.52. The van der Waals surface area contributed by atoms with Gasteiger partial charge < -0.3 is 10.2 Å². The molecule has 0 aliphatic carbocycles. The van der Waals surface area contributed by atoms with Crippen LogP contribution in [0.2, 0.25) is 0 Å². The Bertz CT molecular complexity index is 470. The molecule has 2 rings (SSSR count). The zero-order chi connectivity index (χ0) is 15.2. The van der Waals surface area contributed by atoms with E-state index in [1.807, 2.05) is 6.07 Å². The highest BCUT2D eigenvalue weighted by Gasteiger charge is 2.24. The second-order valence-electron chi connectivity index (χ2n) is 5.93. The summed E-state index contributed by atoms with van der Waals surface area (Å²) in [6.45, 7) is 9.84. The van der Waals surface area contributed by atoms with E-state index in [1.165, 1.54) is 6.20 Å². The topological polar surface area (TPSA) is 68.1 Å². The summed E-state index contributed by atoms with van der Waals surface area (Å²) in [5, 5.41) is 12.1. The van der Waals surface area contributed by atoms with Gasteiger partial charge in [-0.3, -0.25) is 4.90 Å². The van der Waals surface area contributed by atoms with E-state index in [-0.39, 0.29) is 0 Å². The van der Waals surface area contributed by atoms with Crippen LogP contribution in [0.3, 0.4) is 0 Å². The molecule has 1 aliphatic rings. The van der Waals surface area contributed by atoms with Gasteiger partial charge in [0.15, 0.2) is 5.69 Å². The second-order valence-corrected chi connectivity index (χ2v) is 5.93. The van der Waals surface area contributed by atoms with Crippen LogP contribution in [0.25, 0.3) is 0 Å². The fraction of sp³-hybridized carbons (Fsp3) is 0.667. The first kappa shape index (κ1) is 15.7. The quantitative estimate of drug-likeness (QED) is 0.873. The molecular weight excluding hydrogens is 264 g/mol. The number of piperazine rings is 1. The van der Waals surface area contributed by atoms with Crippen LogP contribution in [0.5, 0.6) is 0 Å². The summed E-state index contributed by atoms with van der Waals surface area (Å²) in [5.74, 6) is 1.31. The Kier molecular flexibility index (Phi) is 5.48. The molecule has 1 aromatic rings. The summed E-state index contributed by atoms with van der Waals surface area (Å²) in [7, 11) is 2.17. The predicted octanol–water partition coefficient (Wildman–Crippen LogP) is 1.03. The van der Waals surface area contributed by atoms with E-state index in [1.54, 1.807) is 6.20 Å². The van der Waals surface area contributed by atoms with Crippen LogP contribution in [-0.4, -0.2) is 65.6 Å². The molecule has 1 aromatic heterocycles. The summed E-state index contributed by atoms with van der Waals surface area (Å²) in [5.41, 5.74) is 0.347. The Morgan fingerprint density at radius 3 is 2.48 bits per heavy atom. The number of hydrogen-bond donors (Lipinski definition) is 1. The molecule has 2 heterocycles. The normalized spacial score (nSPS) is 18.4. The number of nitrogens with one attached hydrogen (secondary N) is 1. The van der Waals surface area contributed by atoms with Crippen LogP contribution in [0.1, 0.15) is 19.5 Å². The van der Waals surface area contributed by atoms with E-state index in [2.05, 4.69) is 46.0 Å². The number of likely N-dealkylation sites (N-methyl/N-ethyl adjacent to an activating group) is 1. The number of nitrogens with zero attached hydrogens (tertiary/aromatic N) is 5. The first-order valence-corrected chi connectivity index (χ1v) is 7.48. The van der Waals surface area contributed by atoms with Crippen LogP contribution < -0.4 is 5.32 Å². The van der Waals surface area contributed by atoms with Gasteiger partial charge in [0.1, 0.15) is 11.9 Å². The van der Waals surface area contributed by atoms with Crippen LogP contribution in [0, 0.1) is 17.2 Å². The molecule has 0 spiro atoms. The molecule has 1 saturated heterocycles. The van der Waals surface area contributed by atoms with Crippen LogP contribution in [0.4, 0.5) is 5.82 Å². The maximum absolute atomic E-state index is 8.73. The molecule has 6 heteroatoms. The van der Waals surface area contributed by atoms with Gasteiger partial charge in [0, 0.05) is 38.8 Å². The van der Waals surface area contributed by atoms with Gasteiger partial charge >= 0.3 is 0 Å². The zero-order valence-electron chi connectivity index (χ0n) is 13.1. The lowest BCUT2D eigenvalue weighted by atomic mass is 10.0. The van der Waals surface area contributed by atoms with Crippen molar-refractivity contribution in [1.82, 2.24) is 19.8 Å². The lowest BCUT2D eigenvalue weighted by molar-refractivity contribution is 0.0944. The largest absolute Gasteiger partial charge is 0.367 e. The molecule has 114 valence electrons. The standard InChI is InChI=1S/C15H24N6/c1-12(2)14(21-6-4-20(3)5-7-21)10-19-15-11-17-13(8-16)9-18-15/h9,11-12,14H,4-7,10H2,1-3H3,(H,18,19). The molecule has 0 saturated carbocycles. The van der Waals surface area contributed by atoms with E-state index in [0.29, 0.717) is 17.7 Å². The molecule has 1 unspecified atom stereocenters. The summed E-state index contributed by atoms with van der Waals surface area (Å²) in [4.78, 5) is 13.2. The van der Waals surface area contributed by atoms with Gasteiger partial charge in [-0.05, 0) is 13.0 Å². The third-order valence-electron chi connectivity index (χ3n) is 4.04. The van der Waals surface area contributed by atoms with Crippen molar-refractivity contribution in [1.29, 1.82) is 5.26 Å².